The molecule has 0 radical (unpaired) electrons. The molecule has 11 heteroatoms. The lowest BCUT2D eigenvalue weighted by Gasteiger charge is -2.18. The van der Waals surface area contributed by atoms with E-state index in [2.05, 4.69) is 5.73 Å². The molecule has 114 valence electrons. The fraction of sp³-hybridized carbons (Fsp3) is 0.222. The number of hydrogen-bond donors (Lipinski definition) is 3. The summed E-state index contributed by atoms with van der Waals surface area (Å²) in [6.45, 7) is 0. The second kappa shape index (κ2) is 6.16. The van der Waals surface area contributed by atoms with Crippen LogP contribution in [0.5, 0.6) is 0 Å². The minimum absolute atomic E-state index is 0. The molecule has 1 aromatic carbocycles. The molecule has 1 rings (SSSR count). The van der Waals surface area contributed by atoms with Gasteiger partial charge < -0.3 is 5.73 Å². The Hall–Kier alpha value is -1.71. The van der Waals surface area contributed by atoms with Crippen molar-refractivity contribution in [2.75, 3.05) is 0 Å². The molecule has 20 heavy (non-hydrogen) atoms. The number of benzene rings is 1. The van der Waals surface area contributed by atoms with Crippen LogP contribution < -0.4 is 11.1 Å². The average Bonchev–Trinajstić information content (AvgIpc) is 2.28. The van der Waals surface area contributed by atoms with E-state index in [0.29, 0.717) is 0 Å². The highest BCUT2D eigenvalue weighted by molar-refractivity contribution is 5.85. The first-order valence-electron chi connectivity index (χ1n) is 4.57. The SMILES string of the molecule is Cl.N=C(N)NC(F)(F)Cc1c(F)c(F)c(F)c(F)c1F. The van der Waals surface area contributed by atoms with Gasteiger partial charge in [-0.3, -0.25) is 10.7 Å². The molecule has 0 fully saturated rings. The lowest BCUT2D eigenvalue weighted by molar-refractivity contribution is -0.0167. The summed E-state index contributed by atoms with van der Waals surface area (Å²) in [5.74, 6) is -13.0. The van der Waals surface area contributed by atoms with Gasteiger partial charge in [-0.25, -0.2) is 22.0 Å². The van der Waals surface area contributed by atoms with Crippen molar-refractivity contribution < 1.29 is 30.7 Å². The van der Waals surface area contributed by atoms with Crippen molar-refractivity contribution >= 4 is 18.4 Å². The first kappa shape index (κ1) is 18.3. The quantitative estimate of drug-likeness (QED) is 0.200. The van der Waals surface area contributed by atoms with Gasteiger partial charge in [0.25, 0.3) is 0 Å². The van der Waals surface area contributed by atoms with Gasteiger partial charge in [0.05, 0.1) is 6.42 Å². The van der Waals surface area contributed by atoms with Gasteiger partial charge in [0, 0.05) is 5.56 Å². The fourth-order valence-electron chi connectivity index (χ4n) is 1.27. The molecule has 0 aromatic heterocycles. The lowest BCUT2D eigenvalue weighted by Crippen LogP contribution is -2.46. The monoisotopic (exact) mass is 325 g/mol. The number of guanidine groups is 1. The number of halogens is 8. The largest absolute Gasteiger partial charge is 0.370 e. The van der Waals surface area contributed by atoms with E-state index in [0.717, 1.165) is 5.32 Å². The Morgan fingerprint density at radius 2 is 1.30 bits per heavy atom. The fourth-order valence-corrected chi connectivity index (χ4v) is 1.27. The van der Waals surface area contributed by atoms with E-state index in [-0.39, 0.29) is 12.4 Å². The Labute approximate surface area is 113 Å². The standard InChI is InChI=1S/C9H6F7N3.ClH/c10-3-2(1-9(15,16)19-8(17)18)4(11)6(13)7(14)5(3)12;/h1H2,(H4,17,18,19);1H. The first-order valence-corrected chi connectivity index (χ1v) is 4.57. The number of rotatable bonds is 3. The van der Waals surface area contributed by atoms with Gasteiger partial charge >= 0.3 is 6.05 Å². The van der Waals surface area contributed by atoms with E-state index in [4.69, 9.17) is 5.41 Å². The summed E-state index contributed by atoms with van der Waals surface area (Å²) in [6.07, 6.45) is -1.86. The van der Waals surface area contributed by atoms with E-state index in [9.17, 15) is 30.7 Å². The van der Waals surface area contributed by atoms with E-state index < -0.39 is 53.1 Å². The van der Waals surface area contributed by atoms with E-state index in [1.54, 1.807) is 0 Å². The Morgan fingerprint density at radius 3 is 1.65 bits per heavy atom. The van der Waals surface area contributed by atoms with Crippen LogP contribution in [0.4, 0.5) is 30.7 Å². The molecule has 0 atom stereocenters. The van der Waals surface area contributed by atoms with E-state index >= 15 is 0 Å². The van der Waals surface area contributed by atoms with Crippen LogP contribution in [0.1, 0.15) is 5.56 Å². The molecule has 0 heterocycles. The van der Waals surface area contributed by atoms with Gasteiger partial charge in [-0.2, -0.15) is 8.78 Å². The van der Waals surface area contributed by atoms with Gasteiger partial charge in [0.1, 0.15) is 0 Å². The van der Waals surface area contributed by atoms with Gasteiger partial charge in [0.2, 0.25) is 5.82 Å². The predicted octanol–water partition coefficient (Wildman–Crippen LogP) is 2.42. The van der Waals surface area contributed by atoms with E-state index in [1.807, 2.05) is 0 Å². The minimum atomic E-state index is -4.15. The molecule has 0 unspecified atom stereocenters. The van der Waals surface area contributed by atoms with Crippen LogP contribution in [-0.2, 0) is 6.42 Å². The summed E-state index contributed by atoms with van der Waals surface area (Å²) in [5, 5.41) is 7.56. The van der Waals surface area contributed by atoms with Crippen molar-refractivity contribution in [1.82, 2.24) is 5.32 Å². The van der Waals surface area contributed by atoms with Crippen LogP contribution in [0.15, 0.2) is 0 Å². The Bertz CT molecular complexity index is 506. The first-order chi connectivity index (χ1) is 8.57. The minimum Gasteiger partial charge on any atom is -0.370 e. The summed E-state index contributed by atoms with van der Waals surface area (Å²) in [5.41, 5.74) is 2.89. The van der Waals surface area contributed by atoms with Crippen molar-refractivity contribution in [2.24, 2.45) is 5.73 Å². The summed E-state index contributed by atoms with van der Waals surface area (Å²) in [7, 11) is 0. The van der Waals surface area contributed by atoms with Crippen molar-refractivity contribution in [3.8, 4) is 0 Å². The highest BCUT2D eigenvalue weighted by atomic mass is 35.5. The summed E-state index contributed by atoms with van der Waals surface area (Å²) in [6, 6.07) is -4.15. The van der Waals surface area contributed by atoms with Gasteiger partial charge in [-0.1, -0.05) is 0 Å². The topological polar surface area (TPSA) is 61.9 Å². The van der Waals surface area contributed by atoms with E-state index in [1.165, 1.54) is 0 Å². The zero-order chi connectivity index (χ0) is 15.0. The molecule has 0 saturated carbocycles. The summed E-state index contributed by atoms with van der Waals surface area (Å²) >= 11 is 0. The second-order valence-electron chi connectivity index (χ2n) is 3.47. The Balaban J connectivity index is 0.00000361. The predicted molar refractivity (Wildman–Crippen MR) is 57.2 cm³/mol. The third kappa shape index (κ3) is 3.65. The van der Waals surface area contributed by atoms with Crippen LogP contribution in [0.2, 0.25) is 0 Å². The molecule has 0 saturated heterocycles. The number of nitrogens with one attached hydrogen (secondary N) is 2. The third-order valence-corrected chi connectivity index (χ3v) is 2.02. The van der Waals surface area contributed by atoms with Crippen molar-refractivity contribution in [3.05, 3.63) is 34.6 Å². The van der Waals surface area contributed by atoms with Crippen molar-refractivity contribution in [3.63, 3.8) is 0 Å². The molecule has 0 aliphatic carbocycles. The number of nitrogens with two attached hydrogens (primary N) is 1. The molecule has 1 aromatic rings. The van der Waals surface area contributed by atoms with Crippen LogP contribution in [0, 0.1) is 34.5 Å². The zero-order valence-electron chi connectivity index (χ0n) is 9.34. The maximum atomic E-state index is 13.1. The second-order valence-corrected chi connectivity index (χ2v) is 3.47. The number of hydrogen-bond acceptors (Lipinski definition) is 1. The highest BCUT2D eigenvalue weighted by Crippen LogP contribution is 2.27. The van der Waals surface area contributed by atoms with Gasteiger partial charge in [-0.15, -0.1) is 12.4 Å². The normalized spacial score (nSPS) is 10.9. The highest BCUT2D eigenvalue weighted by Gasteiger charge is 2.35. The van der Waals surface area contributed by atoms with Crippen molar-refractivity contribution in [2.45, 2.75) is 12.5 Å². The smallest absolute Gasteiger partial charge is 0.329 e. The maximum absolute atomic E-state index is 13.1. The van der Waals surface area contributed by atoms with Crippen LogP contribution in [0.25, 0.3) is 0 Å². The molecule has 0 aliphatic heterocycles. The van der Waals surface area contributed by atoms with Gasteiger partial charge in [0.15, 0.2) is 29.2 Å². The third-order valence-electron chi connectivity index (χ3n) is 2.02. The average molecular weight is 326 g/mol. The van der Waals surface area contributed by atoms with Gasteiger partial charge in [-0.05, 0) is 0 Å². The molecule has 3 nitrogen and oxygen atoms in total. The summed E-state index contributed by atoms with van der Waals surface area (Å²) in [4.78, 5) is 0. The van der Waals surface area contributed by atoms with Crippen LogP contribution >= 0.6 is 12.4 Å². The van der Waals surface area contributed by atoms with Crippen LogP contribution in [0.3, 0.4) is 0 Å². The Morgan fingerprint density at radius 1 is 0.950 bits per heavy atom. The lowest BCUT2D eigenvalue weighted by atomic mass is 10.1. The number of alkyl halides is 2. The molecule has 0 spiro atoms. The molecule has 0 amide bonds. The zero-order valence-corrected chi connectivity index (χ0v) is 10.2. The Kier molecular flexibility index (Phi) is 5.63. The maximum Gasteiger partial charge on any atom is 0.329 e. The summed E-state index contributed by atoms with van der Waals surface area (Å²) < 4.78 is 90.5. The molecular formula is C9H7ClF7N3. The van der Waals surface area contributed by atoms with Crippen LogP contribution in [-0.4, -0.2) is 12.0 Å². The molecule has 0 aliphatic rings. The molecule has 0 bridgehead atoms. The molecular weight excluding hydrogens is 319 g/mol. The molecule has 4 N–H and O–H groups in total. The van der Waals surface area contributed by atoms with Crippen molar-refractivity contribution in [1.29, 1.82) is 5.41 Å².